The normalized spacial score (nSPS) is 14.0. The van der Waals surface area contributed by atoms with Gasteiger partial charge in [0.05, 0.1) is 0 Å². The van der Waals surface area contributed by atoms with Crippen molar-refractivity contribution in [3.8, 4) is 0 Å². The molecule has 0 radical (unpaired) electrons. The molecule has 0 spiro atoms. The summed E-state index contributed by atoms with van der Waals surface area (Å²) in [6.45, 7) is 17.4. The summed E-state index contributed by atoms with van der Waals surface area (Å²) in [5.41, 5.74) is 1.33. The van der Waals surface area contributed by atoms with Gasteiger partial charge in [-0.25, -0.2) is 4.79 Å². The molecule has 2 aromatic rings. The number of hydrogen-bond acceptors (Lipinski definition) is 4. The second kappa shape index (κ2) is 15.0. The second-order valence-electron chi connectivity index (χ2n) is 12.5. The molecule has 0 saturated heterocycles. The molecule has 41 heavy (non-hydrogen) atoms. The Bertz CT molecular complexity index is 1120. The maximum atomic E-state index is 14.7. The fourth-order valence-corrected chi connectivity index (χ4v) is 4.79. The van der Waals surface area contributed by atoms with E-state index in [0.717, 1.165) is 36.0 Å². The van der Waals surface area contributed by atoms with Gasteiger partial charge in [-0.15, -0.1) is 0 Å². The molecule has 0 heterocycles. The first kappa shape index (κ1) is 33.9. The van der Waals surface area contributed by atoms with Crippen molar-refractivity contribution in [3.05, 3.63) is 71.3 Å². The van der Waals surface area contributed by atoms with Crippen LogP contribution in [0.3, 0.4) is 0 Å². The molecule has 0 aliphatic heterocycles. The molecule has 2 rings (SSSR count). The number of aryl methyl sites for hydroxylation is 1. The zero-order valence-corrected chi connectivity index (χ0v) is 26.5. The number of amides is 3. The van der Waals surface area contributed by atoms with E-state index < -0.39 is 29.3 Å². The number of rotatable bonds is 13. The largest absolute Gasteiger partial charge is 0.444 e. The topological polar surface area (TPSA) is 87.7 Å². The molecule has 0 saturated carbocycles. The van der Waals surface area contributed by atoms with Gasteiger partial charge in [0, 0.05) is 18.0 Å². The first-order valence-corrected chi connectivity index (χ1v) is 15.0. The van der Waals surface area contributed by atoms with Gasteiger partial charge in [0.15, 0.2) is 0 Å². The van der Waals surface area contributed by atoms with Crippen molar-refractivity contribution in [1.29, 1.82) is 0 Å². The van der Waals surface area contributed by atoms with Crippen LogP contribution in [-0.4, -0.2) is 46.0 Å². The lowest BCUT2D eigenvalue weighted by Gasteiger charge is -2.45. The number of carbonyl (C=O) groups excluding carboxylic acids is 3. The lowest BCUT2D eigenvalue weighted by molar-refractivity contribution is -0.149. The van der Waals surface area contributed by atoms with E-state index in [9.17, 15) is 14.4 Å². The highest BCUT2D eigenvalue weighted by Crippen LogP contribution is 2.33. The number of nitrogens with one attached hydrogen (secondary N) is 2. The summed E-state index contributed by atoms with van der Waals surface area (Å²) in [4.78, 5) is 43.4. The van der Waals surface area contributed by atoms with Gasteiger partial charge in [-0.05, 0) is 77.5 Å². The van der Waals surface area contributed by atoms with Crippen LogP contribution in [0.5, 0.6) is 0 Å². The minimum Gasteiger partial charge on any atom is -0.444 e. The van der Waals surface area contributed by atoms with Crippen LogP contribution in [0.2, 0.25) is 0 Å². The predicted octanol–water partition coefficient (Wildman–Crippen LogP) is 6.75. The molecule has 0 aromatic heterocycles. The summed E-state index contributed by atoms with van der Waals surface area (Å²) in [6.07, 6.45) is 2.81. The Kier molecular flexibility index (Phi) is 12.4. The molecular formula is C34H51N3O4. The van der Waals surface area contributed by atoms with E-state index >= 15 is 0 Å². The molecule has 3 unspecified atom stereocenters. The number of alkyl carbamates (subject to hydrolysis) is 1. The Morgan fingerprint density at radius 3 is 1.98 bits per heavy atom. The Labute approximate surface area is 247 Å². The summed E-state index contributed by atoms with van der Waals surface area (Å²) in [5.74, 6) is -0.574. The number of carbonyl (C=O) groups is 3. The molecule has 7 nitrogen and oxygen atoms in total. The van der Waals surface area contributed by atoms with Gasteiger partial charge in [0.2, 0.25) is 11.8 Å². The number of hydrogen-bond donors (Lipinski definition) is 2. The van der Waals surface area contributed by atoms with Gasteiger partial charge in [-0.2, -0.15) is 0 Å². The highest BCUT2D eigenvalue weighted by Gasteiger charge is 2.43. The van der Waals surface area contributed by atoms with Gasteiger partial charge in [0.1, 0.15) is 17.7 Å². The monoisotopic (exact) mass is 565 g/mol. The summed E-state index contributed by atoms with van der Waals surface area (Å²) in [6, 6.07) is 15.6. The van der Waals surface area contributed by atoms with Crippen LogP contribution >= 0.6 is 0 Å². The van der Waals surface area contributed by atoms with E-state index in [-0.39, 0.29) is 24.3 Å². The summed E-state index contributed by atoms with van der Waals surface area (Å²) < 4.78 is 5.55. The third-order valence-electron chi connectivity index (χ3n) is 7.35. The zero-order chi connectivity index (χ0) is 30.8. The molecule has 7 heteroatoms. The van der Waals surface area contributed by atoms with Crippen molar-refractivity contribution >= 4 is 17.9 Å². The highest BCUT2D eigenvalue weighted by atomic mass is 16.6. The highest BCUT2D eigenvalue weighted by molar-refractivity contribution is 5.93. The molecule has 3 amide bonds. The lowest BCUT2D eigenvalue weighted by atomic mass is 9.90. The zero-order valence-electron chi connectivity index (χ0n) is 26.5. The molecule has 0 bridgehead atoms. The van der Waals surface area contributed by atoms with Crippen molar-refractivity contribution in [2.24, 2.45) is 0 Å². The molecule has 2 aromatic carbocycles. The Morgan fingerprint density at radius 1 is 0.854 bits per heavy atom. The van der Waals surface area contributed by atoms with Crippen LogP contribution in [0.25, 0.3) is 0 Å². The van der Waals surface area contributed by atoms with Gasteiger partial charge in [-0.3, -0.25) is 9.59 Å². The van der Waals surface area contributed by atoms with Crippen LogP contribution in [0, 0.1) is 0 Å². The van der Waals surface area contributed by atoms with Crippen LogP contribution in [0.4, 0.5) is 4.79 Å². The Morgan fingerprint density at radius 2 is 1.46 bits per heavy atom. The van der Waals surface area contributed by atoms with E-state index in [0.29, 0.717) is 6.42 Å². The number of ether oxygens (including phenoxy) is 1. The SMILES string of the molecule is CCCC(C)NC(=O)C(c1ccc(CC)cc1)N(C(=O)C(Cc1ccccc1)NC(=O)OC(C)(C)C)C(C)(C)CC. The third kappa shape index (κ3) is 10.2. The Hall–Kier alpha value is -3.35. The quantitative estimate of drug-likeness (QED) is 0.281. The first-order chi connectivity index (χ1) is 19.2. The van der Waals surface area contributed by atoms with Crippen molar-refractivity contribution < 1.29 is 19.1 Å². The maximum absolute atomic E-state index is 14.7. The molecule has 0 aliphatic rings. The van der Waals surface area contributed by atoms with E-state index in [1.807, 2.05) is 82.3 Å². The third-order valence-corrected chi connectivity index (χ3v) is 7.35. The average molecular weight is 566 g/mol. The molecule has 2 N–H and O–H groups in total. The molecular weight excluding hydrogens is 514 g/mol. The predicted molar refractivity (Wildman–Crippen MR) is 166 cm³/mol. The lowest BCUT2D eigenvalue weighted by Crippen LogP contribution is -2.60. The van der Waals surface area contributed by atoms with E-state index in [4.69, 9.17) is 4.74 Å². The van der Waals surface area contributed by atoms with Crippen molar-refractivity contribution in [1.82, 2.24) is 15.5 Å². The first-order valence-electron chi connectivity index (χ1n) is 15.0. The van der Waals surface area contributed by atoms with Crippen LogP contribution in [0.15, 0.2) is 54.6 Å². The minimum atomic E-state index is -0.948. The van der Waals surface area contributed by atoms with Gasteiger partial charge in [-0.1, -0.05) is 81.8 Å². The number of benzene rings is 2. The average Bonchev–Trinajstić information content (AvgIpc) is 2.90. The van der Waals surface area contributed by atoms with Crippen LogP contribution < -0.4 is 10.6 Å². The van der Waals surface area contributed by atoms with E-state index in [1.54, 1.807) is 25.7 Å². The molecule has 0 fully saturated rings. The standard InChI is InChI=1S/C34H51N3O4/c1-10-16-24(4)35-30(38)29(27-21-19-25(11-2)20-22-27)37(34(8,9)12-3)31(39)28(23-26-17-14-13-15-18-26)36-32(40)41-33(5,6)7/h13-15,17-22,24,28-29H,10-12,16,23H2,1-9H3,(H,35,38)(H,36,40). The fraction of sp³-hybridized carbons (Fsp3) is 0.559. The summed E-state index contributed by atoms with van der Waals surface area (Å²) in [5, 5.41) is 5.99. The van der Waals surface area contributed by atoms with Gasteiger partial charge < -0.3 is 20.3 Å². The molecule has 0 aliphatic carbocycles. The molecule has 3 atom stereocenters. The minimum absolute atomic E-state index is 0.0494. The van der Waals surface area contributed by atoms with Crippen LogP contribution in [0.1, 0.15) is 104 Å². The van der Waals surface area contributed by atoms with E-state index in [1.165, 1.54) is 0 Å². The van der Waals surface area contributed by atoms with Gasteiger partial charge >= 0.3 is 6.09 Å². The summed E-state index contributed by atoms with van der Waals surface area (Å²) >= 11 is 0. The van der Waals surface area contributed by atoms with E-state index in [2.05, 4.69) is 24.5 Å². The smallest absolute Gasteiger partial charge is 0.408 e. The molecule has 226 valence electrons. The van der Waals surface area contributed by atoms with Gasteiger partial charge in [0.25, 0.3) is 0 Å². The van der Waals surface area contributed by atoms with Crippen molar-refractivity contribution in [3.63, 3.8) is 0 Å². The van der Waals surface area contributed by atoms with Crippen molar-refractivity contribution in [2.75, 3.05) is 0 Å². The maximum Gasteiger partial charge on any atom is 0.408 e. The van der Waals surface area contributed by atoms with Crippen LogP contribution in [-0.2, 0) is 27.2 Å². The van der Waals surface area contributed by atoms with Crippen molar-refractivity contribution in [2.45, 2.75) is 124 Å². The fourth-order valence-electron chi connectivity index (χ4n) is 4.79. The second-order valence-corrected chi connectivity index (χ2v) is 12.5. The Balaban J connectivity index is 2.65. The summed E-state index contributed by atoms with van der Waals surface area (Å²) in [7, 11) is 0. The number of nitrogens with zero attached hydrogens (tertiary/aromatic N) is 1.